The van der Waals surface area contributed by atoms with Crippen LogP contribution >= 0.6 is 27.3 Å². The molecule has 0 bridgehead atoms. The average Bonchev–Trinajstić information content (AvgIpc) is 2.83. The van der Waals surface area contributed by atoms with Gasteiger partial charge in [0.2, 0.25) is 0 Å². The third kappa shape index (κ3) is 3.33. The van der Waals surface area contributed by atoms with Crippen molar-refractivity contribution in [3.05, 3.63) is 20.8 Å². The number of amides is 1. The maximum atomic E-state index is 12.5. The molecule has 100 valence electrons. The summed E-state index contributed by atoms with van der Waals surface area (Å²) in [5.41, 5.74) is 0. The van der Waals surface area contributed by atoms with Gasteiger partial charge in [-0.05, 0) is 40.9 Å². The number of aliphatic hydroxyl groups is 1. The molecule has 5 heteroatoms. The van der Waals surface area contributed by atoms with Crippen molar-refractivity contribution in [2.24, 2.45) is 0 Å². The van der Waals surface area contributed by atoms with E-state index in [1.165, 1.54) is 30.6 Å². The van der Waals surface area contributed by atoms with E-state index >= 15 is 0 Å². The van der Waals surface area contributed by atoms with Gasteiger partial charge in [0.15, 0.2) is 0 Å². The van der Waals surface area contributed by atoms with E-state index in [-0.39, 0.29) is 12.5 Å². The molecule has 18 heavy (non-hydrogen) atoms. The number of halogens is 1. The fourth-order valence-corrected chi connectivity index (χ4v) is 3.86. The first-order valence-electron chi connectivity index (χ1n) is 6.39. The lowest BCUT2D eigenvalue weighted by molar-refractivity contribution is 0.0590. The molecule has 0 unspecified atom stereocenters. The molecule has 1 fully saturated rings. The molecule has 0 aliphatic heterocycles. The minimum atomic E-state index is 0.0365. The molecule has 0 radical (unpaired) electrons. The zero-order valence-corrected chi connectivity index (χ0v) is 12.7. The third-order valence-corrected chi connectivity index (χ3v) is 5.01. The van der Waals surface area contributed by atoms with Gasteiger partial charge >= 0.3 is 0 Å². The van der Waals surface area contributed by atoms with Gasteiger partial charge in [0.05, 0.1) is 15.3 Å². The molecule has 0 aromatic carbocycles. The van der Waals surface area contributed by atoms with Crippen LogP contribution in [0.4, 0.5) is 0 Å². The summed E-state index contributed by atoms with van der Waals surface area (Å²) in [6, 6.07) is 4.06. The molecule has 1 aromatic heterocycles. The molecule has 3 nitrogen and oxygen atoms in total. The summed E-state index contributed by atoms with van der Waals surface area (Å²) >= 11 is 4.84. The summed E-state index contributed by atoms with van der Waals surface area (Å²) in [6.07, 6.45) is 5.78. The van der Waals surface area contributed by atoms with Crippen molar-refractivity contribution in [2.75, 3.05) is 13.2 Å². The van der Waals surface area contributed by atoms with Gasteiger partial charge in [-0.15, -0.1) is 11.3 Å². The van der Waals surface area contributed by atoms with Crippen LogP contribution in [0.3, 0.4) is 0 Å². The Kier molecular flexibility index (Phi) is 5.21. The summed E-state index contributed by atoms with van der Waals surface area (Å²) < 4.78 is 0.971. The molecule has 0 saturated heterocycles. The molecule has 2 rings (SSSR count). The first-order valence-corrected chi connectivity index (χ1v) is 8.00. The number of thiophene rings is 1. The smallest absolute Gasteiger partial charge is 0.264 e. The minimum Gasteiger partial charge on any atom is -0.395 e. The Bertz CT molecular complexity index is 401. The SMILES string of the molecule is O=C(c1ccc(Br)s1)N(CCO)C1CCCCC1. The van der Waals surface area contributed by atoms with E-state index in [4.69, 9.17) is 5.11 Å². The summed E-state index contributed by atoms with van der Waals surface area (Å²) in [7, 11) is 0. The van der Waals surface area contributed by atoms with Crippen molar-refractivity contribution in [1.29, 1.82) is 0 Å². The first kappa shape index (κ1) is 14.0. The highest BCUT2D eigenvalue weighted by Gasteiger charge is 2.26. The average molecular weight is 332 g/mol. The predicted octanol–water partition coefficient (Wildman–Crippen LogP) is 3.28. The molecule has 1 aliphatic carbocycles. The largest absolute Gasteiger partial charge is 0.395 e. The first-order chi connectivity index (χ1) is 8.72. The zero-order chi connectivity index (χ0) is 13.0. The van der Waals surface area contributed by atoms with Crippen LogP contribution in [-0.2, 0) is 0 Å². The zero-order valence-electron chi connectivity index (χ0n) is 10.3. The van der Waals surface area contributed by atoms with Crippen molar-refractivity contribution < 1.29 is 9.90 Å². The van der Waals surface area contributed by atoms with Crippen molar-refractivity contribution in [3.63, 3.8) is 0 Å². The monoisotopic (exact) mass is 331 g/mol. The van der Waals surface area contributed by atoms with E-state index in [1.54, 1.807) is 0 Å². The predicted molar refractivity (Wildman–Crippen MR) is 77.0 cm³/mol. The van der Waals surface area contributed by atoms with E-state index < -0.39 is 0 Å². The molecule has 1 saturated carbocycles. The van der Waals surface area contributed by atoms with Gasteiger partial charge in [-0.25, -0.2) is 0 Å². The van der Waals surface area contributed by atoms with Gasteiger partial charge in [-0.1, -0.05) is 19.3 Å². The lowest BCUT2D eigenvalue weighted by Gasteiger charge is -2.33. The second-order valence-electron chi connectivity index (χ2n) is 4.62. The van der Waals surface area contributed by atoms with Crippen LogP contribution in [0.5, 0.6) is 0 Å². The van der Waals surface area contributed by atoms with Crippen LogP contribution in [0.15, 0.2) is 15.9 Å². The molecule has 1 aliphatic rings. The fourth-order valence-electron chi connectivity index (χ4n) is 2.52. The maximum Gasteiger partial charge on any atom is 0.264 e. The number of aliphatic hydroxyl groups excluding tert-OH is 1. The Morgan fingerprint density at radius 3 is 2.67 bits per heavy atom. The Morgan fingerprint density at radius 1 is 1.39 bits per heavy atom. The normalized spacial score (nSPS) is 16.8. The van der Waals surface area contributed by atoms with Gasteiger partial charge in [0.1, 0.15) is 0 Å². The van der Waals surface area contributed by atoms with E-state index in [0.29, 0.717) is 12.6 Å². The van der Waals surface area contributed by atoms with Crippen LogP contribution < -0.4 is 0 Å². The van der Waals surface area contributed by atoms with Gasteiger partial charge in [-0.2, -0.15) is 0 Å². The van der Waals surface area contributed by atoms with Gasteiger partial charge in [0, 0.05) is 12.6 Å². The number of carbonyl (C=O) groups excluding carboxylic acids is 1. The Hall–Kier alpha value is -0.390. The van der Waals surface area contributed by atoms with Crippen LogP contribution in [-0.4, -0.2) is 35.1 Å². The highest BCUT2D eigenvalue weighted by atomic mass is 79.9. The standard InChI is InChI=1S/C13H18BrNO2S/c14-12-7-6-11(18-12)13(17)15(8-9-16)10-4-2-1-3-5-10/h6-7,10,16H,1-5,8-9H2. The van der Waals surface area contributed by atoms with E-state index in [0.717, 1.165) is 21.5 Å². The van der Waals surface area contributed by atoms with E-state index in [9.17, 15) is 4.79 Å². The van der Waals surface area contributed by atoms with Crippen LogP contribution in [0.25, 0.3) is 0 Å². The molecule has 1 aromatic rings. The van der Waals surface area contributed by atoms with Crippen LogP contribution in [0.1, 0.15) is 41.8 Å². The highest BCUT2D eigenvalue weighted by molar-refractivity contribution is 9.11. The number of rotatable bonds is 4. The molecule has 1 N–H and O–H groups in total. The van der Waals surface area contributed by atoms with Crippen molar-refractivity contribution in [3.8, 4) is 0 Å². The van der Waals surface area contributed by atoms with Crippen LogP contribution in [0.2, 0.25) is 0 Å². The number of nitrogens with zero attached hydrogens (tertiary/aromatic N) is 1. The lowest BCUT2D eigenvalue weighted by Crippen LogP contribution is -2.42. The highest BCUT2D eigenvalue weighted by Crippen LogP contribution is 2.27. The summed E-state index contributed by atoms with van der Waals surface area (Å²) in [5.74, 6) is 0.0617. The Balaban J connectivity index is 2.10. The topological polar surface area (TPSA) is 40.5 Å². The molecule has 1 amide bonds. The van der Waals surface area contributed by atoms with E-state index in [2.05, 4.69) is 15.9 Å². The van der Waals surface area contributed by atoms with E-state index in [1.807, 2.05) is 17.0 Å². The van der Waals surface area contributed by atoms with Crippen LogP contribution in [0, 0.1) is 0 Å². The number of hydrogen-bond acceptors (Lipinski definition) is 3. The molecule has 0 atom stereocenters. The van der Waals surface area contributed by atoms with Gasteiger partial charge in [0.25, 0.3) is 5.91 Å². The van der Waals surface area contributed by atoms with Gasteiger partial charge < -0.3 is 10.0 Å². The van der Waals surface area contributed by atoms with Crippen molar-refractivity contribution >= 4 is 33.2 Å². The maximum absolute atomic E-state index is 12.5. The van der Waals surface area contributed by atoms with Crippen molar-refractivity contribution in [2.45, 2.75) is 38.1 Å². The van der Waals surface area contributed by atoms with Crippen molar-refractivity contribution in [1.82, 2.24) is 4.90 Å². The molecular weight excluding hydrogens is 314 g/mol. The summed E-state index contributed by atoms with van der Waals surface area (Å²) in [5, 5.41) is 9.17. The summed E-state index contributed by atoms with van der Waals surface area (Å²) in [6.45, 7) is 0.480. The molecular formula is C13H18BrNO2S. The molecule has 0 spiro atoms. The minimum absolute atomic E-state index is 0.0365. The summed E-state index contributed by atoms with van der Waals surface area (Å²) in [4.78, 5) is 15.1. The lowest BCUT2D eigenvalue weighted by atomic mass is 9.94. The quantitative estimate of drug-likeness (QED) is 0.919. The number of hydrogen-bond donors (Lipinski definition) is 1. The Labute approximate surface area is 120 Å². The molecule has 1 heterocycles. The Morgan fingerprint density at radius 2 is 2.11 bits per heavy atom. The second kappa shape index (κ2) is 6.68. The second-order valence-corrected chi connectivity index (χ2v) is 7.08. The third-order valence-electron chi connectivity index (χ3n) is 3.40. The van der Waals surface area contributed by atoms with Gasteiger partial charge in [-0.3, -0.25) is 4.79 Å². The fraction of sp³-hybridized carbons (Fsp3) is 0.615. The number of carbonyl (C=O) groups is 1.